The molecule has 2 heterocycles. The third-order valence-electron chi connectivity index (χ3n) is 2.53. The molecule has 0 amide bonds. The van der Waals surface area contributed by atoms with Gasteiger partial charge in [-0.1, -0.05) is 18.2 Å². The highest BCUT2D eigenvalue weighted by atomic mass is 127. The lowest BCUT2D eigenvalue weighted by Crippen LogP contribution is -2.14. The van der Waals surface area contributed by atoms with Crippen LogP contribution in [0.1, 0.15) is 0 Å². The molecule has 3 aromatic rings. The minimum absolute atomic E-state index is 0.102. The van der Waals surface area contributed by atoms with Crippen molar-refractivity contribution in [3.63, 3.8) is 0 Å². The number of aromatic nitrogens is 3. The zero-order valence-corrected chi connectivity index (χ0v) is 10.9. The second-order valence-corrected chi connectivity index (χ2v) is 4.78. The predicted octanol–water partition coefficient (Wildman–Crippen LogP) is 2.29. The summed E-state index contributed by atoms with van der Waals surface area (Å²) in [7, 11) is 0. The van der Waals surface area contributed by atoms with Gasteiger partial charge in [0, 0.05) is 27.5 Å². The molecule has 0 radical (unpaired) electrons. The fraction of sp³-hybridized carbons (Fsp3) is 0. The number of hydrogen-bond donors (Lipinski definition) is 1. The van der Waals surface area contributed by atoms with E-state index in [1.807, 2.05) is 24.3 Å². The highest BCUT2D eigenvalue weighted by Crippen LogP contribution is 2.22. The second-order valence-electron chi connectivity index (χ2n) is 3.62. The highest BCUT2D eigenvalue weighted by molar-refractivity contribution is 14.1. The van der Waals surface area contributed by atoms with Crippen molar-refractivity contribution in [2.45, 2.75) is 0 Å². The van der Waals surface area contributed by atoms with Crippen molar-refractivity contribution < 1.29 is 0 Å². The van der Waals surface area contributed by atoms with E-state index in [2.05, 4.69) is 32.7 Å². The molecule has 0 atom stereocenters. The first-order valence-electron chi connectivity index (χ1n) is 5.08. The Kier molecular flexibility index (Phi) is 2.47. The molecule has 1 N–H and O–H groups in total. The molecular weight excluding hydrogens is 329 g/mol. The van der Waals surface area contributed by atoms with E-state index in [0.717, 1.165) is 9.13 Å². The van der Waals surface area contributed by atoms with E-state index >= 15 is 0 Å². The molecule has 0 saturated heterocycles. The molecule has 0 saturated carbocycles. The van der Waals surface area contributed by atoms with Gasteiger partial charge in [0.1, 0.15) is 0 Å². The van der Waals surface area contributed by atoms with Crippen molar-refractivity contribution in [3.8, 4) is 11.3 Å². The lowest BCUT2D eigenvalue weighted by Gasteiger charge is -2.03. The SMILES string of the molecule is O=c1cc(-c2ccccc2I)nc2cc[nH]n12. The van der Waals surface area contributed by atoms with Crippen LogP contribution in [0, 0.1) is 3.57 Å². The van der Waals surface area contributed by atoms with Crippen LogP contribution >= 0.6 is 22.6 Å². The summed E-state index contributed by atoms with van der Waals surface area (Å²) in [5.41, 5.74) is 2.22. The van der Waals surface area contributed by atoms with Gasteiger partial charge in [0.2, 0.25) is 0 Å². The number of halogens is 1. The van der Waals surface area contributed by atoms with Gasteiger partial charge >= 0.3 is 0 Å². The lowest BCUT2D eigenvalue weighted by atomic mass is 10.1. The summed E-state index contributed by atoms with van der Waals surface area (Å²) in [5.74, 6) is 0. The molecule has 4 nitrogen and oxygen atoms in total. The number of nitrogens with one attached hydrogen (secondary N) is 1. The summed E-state index contributed by atoms with van der Waals surface area (Å²) in [6, 6.07) is 11.2. The topological polar surface area (TPSA) is 50.2 Å². The maximum atomic E-state index is 11.8. The molecule has 3 rings (SSSR count). The lowest BCUT2D eigenvalue weighted by molar-refractivity contribution is 0.901. The highest BCUT2D eigenvalue weighted by Gasteiger charge is 2.07. The molecule has 84 valence electrons. The van der Waals surface area contributed by atoms with Crippen molar-refractivity contribution in [2.24, 2.45) is 0 Å². The fourth-order valence-corrected chi connectivity index (χ4v) is 2.40. The van der Waals surface area contributed by atoms with E-state index in [-0.39, 0.29) is 5.56 Å². The van der Waals surface area contributed by atoms with Gasteiger partial charge in [-0.05, 0) is 28.7 Å². The number of fused-ring (bicyclic) bond motifs is 1. The van der Waals surface area contributed by atoms with Crippen LogP contribution in [0.3, 0.4) is 0 Å². The Morgan fingerprint density at radius 2 is 2.06 bits per heavy atom. The standard InChI is InChI=1S/C12H8IN3O/c13-9-4-2-1-3-8(9)10-7-12(17)16-11(15-10)5-6-14-16/h1-7,14H. The normalized spacial score (nSPS) is 10.9. The Hall–Kier alpha value is -1.63. The van der Waals surface area contributed by atoms with E-state index in [0.29, 0.717) is 11.3 Å². The maximum Gasteiger partial charge on any atom is 0.273 e. The molecule has 0 aliphatic heterocycles. The van der Waals surface area contributed by atoms with Crippen molar-refractivity contribution >= 4 is 28.2 Å². The van der Waals surface area contributed by atoms with Crippen molar-refractivity contribution in [1.29, 1.82) is 0 Å². The van der Waals surface area contributed by atoms with Gasteiger partial charge < -0.3 is 0 Å². The van der Waals surface area contributed by atoms with Crippen LogP contribution in [-0.2, 0) is 0 Å². The summed E-state index contributed by atoms with van der Waals surface area (Å²) in [5, 5.41) is 2.82. The van der Waals surface area contributed by atoms with Gasteiger partial charge in [0.15, 0.2) is 5.65 Å². The monoisotopic (exact) mass is 337 g/mol. The smallest absolute Gasteiger partial charge is 0.273 e. The van der Waals surface area contributed by atoms with E-state index < -0.39 is 0 Å². The molecule has 0 aliphatic rings. The Morgan fingerprint density at radius 1 is 1.24 bits per heavy atom. The minimum Gasteiger partial charge on any atom is -0.297 e. The van der Waals surface area contributed by atoms with E-state index in [1.54, 1.807) is 18.3 Å². The van der Waals surface area contributed by atoms with Gasteiger partial charge in [-0.15, -0.1) is 0 Å². The van der Waals surface area contributed by atoms with Crippen LogP contribution in [0.5, 0.6) is 0 Å². The van der Waals surface area contributed by atoms with Crippen LogP contribution in [0.4, 0.5) is 0 Å². The fourth-order valence-electron chi connectivity index (χ4n) is 1.73. The van der Waals surface area contributed by atoms with E-state index in [1.165, 1.54) is 4.52 Å². The number of H-pyrrole nitrogens is 1. The van der Waals surface area contributed by atoms with E-state index in [9.17, 15) is 4.79 Å². The Bertz CT molecular complexity index is 745. The summed E-state index contributed by atoms with van der Waals surface area (Å²) < 4.78 is 2.50. The van der Waals surface area contributed by atoms with Crippen molar-refractivity contribution in [3.05, 3.63) is 56.5 Å². The molecule has 0 aliphatic carbocycles. The number of nitrogens with zero attached hydrogens (tertiary/aromatic N) is 2. The van der Waals surface area contributed by atoms with Crippen LogP contribution in [0.25, 0.3) is 16.9 Å². The molecule has 1 aromatic carbocycles. The maximum absolute atomic E-state index is 11.8. The molecule has 0 bridgehead atoms. The van der Waals surface area contributed by atoms with E-state index in [4.69, 9.17) is 0 Å². The van der Waals surface area contributed by atoms with Gasteiger partial charge in [-0.3, -0.25) is 9.89 Å². The molecule has 0 spiro atoms. The molecule has 0 fully saturated rings. The average Bonchev–Trinajstić information content (AvgIpc) is 2.78. The summed E-state index contributed by atoms with van der Waals surface area (Å²) >= 11 is 2.24. The first-order valence-corrected chi connectivity index (χ1v) is 6.16. The average molecular weight is 337 g/mol. The van der Waals surface area contributed by atoms with Gasteiger partial charge in [0.25, 0.3) is 5.56 Å². The molecule has 17 heavy (non-hydrogen) atoms. The minimum atomic E-state index is -0.102. The largest absolute Gasteiger partial charge is 0.297 e. The first kappa shape index (κ1) is 10.5. The molecule has 0 unspecified atom stereocenters. The summed E-state index contributed by atoms with van der Waals surface area (Å²) in [6.45, 7) is 0. The summed E-state index contributed by atoms with van der Waals surface area (Å²) in [6.07, 6.45) is 1.70. The van der Waals surface area contributed by atoms with Crippen LogP contribution in [0.2, 0.25) is 0 Å². The van der Waals surface area contributed by atoms with Crippen molar-refractivity contribution in [1.82, 2.24) is 14.6 Å². The number of hydrogen-bond acceptors (Lipinski definition) is 2. The van der Waals surface area contributed by atoms with Crippen LogP contribution in [-0.4, -0.2) is 14.6 Å². The van der Waals surface area contributed by atoms with Crippen LogP contribution in [0.15, 0.2) is 47.4 Å². The third-order valence-corrected chi connectivity index (χ3v) is 3.47. The third kappa shape index (κ3) is 1.76. The molecule has 2 aromatic heterocycles. The Morgan fingerprint density at radius 3 is 2.88 bits per heavy atom. The van der Waals surface area contributed by atoms with Gasteiger partial charge in [-0.25, -0.2) is 9.50 Å². The van der Waals surface area contributed by atoms with Crippen molar-refractivity contribution in [2.75, 3.05) is 0 Å². The zero-order chi connectivity index (χ0) is 11.8. The number of benzene rings is 1. The molecule has 5 heteroatoms. The predicted molar refractivity (Wildman–Crippen MR) is 74.0 cm³/mol. The first-order chi connectivity index (χ1) is 8.25. The Balaban J connectivity index is 2.32. The number of aromatic amines is 1. The summed E-state index contributed by atoms with van der Waals surface area (Å²) in [4.78, 5) is 16.3. The molecular formula is C12H8IN3O. The second kappa shape index (κ2) is 3.99. The quantitative estimate of drug-likeness (QED) is 0.693. The zero-order valence-electron chi connectivity index (χ0n) is 8.72. The van der Waals surface area contributed by atoms with Crippen LogP contribution < -0.4 is 5.56 Å². The number of rotatable bonds is 1. The van der Waals surface area contributed by atoms with Gasteiger partial charge in [0.05, 0.1) is 5.69 Å². The Labute approximate surface area is 110 Å². The van der Waals surface area contributed by atoms with Gasteiger partial charge in [-0.2, -0.15) is 0 Å².